The van der Waals surface area contributed by atoms with Crippen LogP contribution in [-0.4, -0.2) is 16.0 Å². The van der Waals surface area contributed by atoms with Crippen molar-refractivity contribution in [3.05, 3.63) is 16.5 Å². The van der Waals surface area contributed by atoms with Crippen LogP contribution in [0.3, 0.4) is 0 Å². The number of nitrogens with zero attached hydrogens (tertiary/aromatic N) is 2. The Morgan fingerprint density at radius 1 is 1.13 bits per heavy atom. The van der Waals surface area contributed by atoms with E-state index in [2.05, 4.69) is 15.3 Å². The topological polar surface area (TPSA) is 37.8 Å². The van der Waals surface area contributed by atoms with E-state index in [4.69, 9.17) is 23.2 Å². The summed E-state index contributed by atoms with van der Waals surface area (Å²) in [7, 11) is 0. The molecule has 2 rings (SSSR count). The molecule has 1 aromatic rings. The van der Waals surface area contributed by atoms with E-state index in [-0.39, 0.29) is 5.28 Å². The number of aromatic nitrogens is 2. The quantitative estimate of drug-likeness (QED) is 0.640. The Morgan fingerprint density at radius 3 is 2.53 bits per heavy atom. The SMILES string of the molecule is Clc1cc(NC2CCCCC2)nc(Cl)n1. The fourth-order valence-electron chi connectivity index (χ4n) is 1.92. The Morgan fingerprint density at radius 2 is 1.87 bits per heavy atom. The summed E-state index contributed by atoms with van der Waals surface area (Å²) in [6, 6.07) is 2.21. The van der Waals surface area contributed by atoms with E-state index in [1.54, 1.807) is 6.07 Å². The molecule has 0 spiro atoms. The highest BCUT2D eigenvalue weighted by molar-refractivity contribution is 6.32. The van der Waals surface area contributed by atoms with E-state index in [1.807, 2.05) is 0 Å². The van der Waals surface area contributed by atoms with Gasteiger partial charge < -0.3 is 5.32 Å². The molecule has 1 fully saturated rings. The van der Waals surface area contributed by atoms with Crippen molar-refractivity contribution in [3.63, 3.8) is 0 Å². The second kappa shape index (κ2) is 4.99. The molecule has 5 heteroatoms. The van der Waals surface area contributed by atoms with Crippen molar-refractivity contribution >= 4 is 29.0 Å². The van der Waals surface area contributed by atoms with Crippen LogP contribution in [0.2, 0.25) is 10.4 Å². The summed E-state index contributed by atoms with van der Waals surface area (Å²) in [5.41, 5.74) is 0. The summed E-state index contributed by atoms with van der Waals surface area (Å²) < 4.78 is 0. The van der Waals surface area contributed by atoms with Crippen LogP contribution in [-0.2, 0) is 0 Å². The van der Waals surface area contributed by atoms with Crippen molar-refractivity contribution < 1.29 is 0 Å². The maximum atomic E-state index is 5.79. The number of hydrogen-bond donors (Lipinski definition) is 1. The molecule has 1 heterocycles. The molecule has 0 radical (unpaired) electrons. The maximum absolute atomic E-state index is 5.79. The first-order valence-electron chi connectivity index (χ1n) is 5.20. The molecule has 0 aliphatic heterocycles. The molecule has 82 valence electrons. The van der Waals surface area contributed by atoms with Crippen molar-refractivity contribution in [1.29, 1.82) is 0 Å². The zero-order chi connectivity index (χ0) is 10.7. The minimum absolute atomic E-state index is 0.195. The van der Waals surface area contributed by atoms with Gasteiger partial charge in [0.1, 0.15) is 11.0 Å². The van der Waals surface area contributed by atoms with E-state index in [0.717, 1.165) is 5.82 Å². The lowest BCUT2D eigenvalue weighted by atomic mass is 9.95. The fraction of sp³-hybridized carbons (Fsp3) is 0.600. The first-order valence-corrected chi connectivity index (χ1v) is 5.96. The van der Waals surface area contributed by atoms with Gasteiger partial charge in [-0.25, -0.2) is 9.97 Å². The van der Waals surface area contributed by atoms with Gasteiger partial charge in [0.05, 0.1) is 0 Å². The maximum Gasteiger partial charge on any atom is 0.225 e. The highest BCUT2D eigenvalue weighted by Crippen LogP contribution is 2.22. The van der Waals surface area contributed by atoms with Gasteiger partial charge in [-0.3, -0.25) is 0 Å². The lowest BCUT2D eigenvalue weighted by molar-refractivity contribution is 0.462. The van der Waals surface area contributed by atoms with Crippen LogP contribution in [0.1, 0.15) is 32.1 Å². The van der Waals surface area contributed by atoms with Crippen LogP contribution in [0.15, 0.2) is 6.07 Å². The number of halogens is 2. The van der Waals surface area contributed by atoms with Crippen LogP contribution in [0, 0.1) is 0 Å². The molecule has 0 atom stereocenters. The molecule has 0 aromatic carbocycles. The zero-order valence-electron chi connectivity index (χ0n) is 8.34. The summed E-state index contributed by atoms with van der Waals surface area (Å²) in [5, 5.41) is 3.92. The number of rotatable bonds is 2. The lowest BCUT2D eigenvalue weighted by Gasteiger charge is -2.23. The van der Waals surface area contributed by atoms with E-state index in [0.29, 0.717) is 11.2 Å². The predicted molar refractivity (Wildman–Crippen MR) is 62.5 cm³/mol. The van der Waals surface area contributed by atoms with Crippen molar-refractivity contribution in [2.24, 2.45) is 0 Å². The molecule has 0 unspecified atom stereocenters. The predicted octanol–water partition coefficient (Wildman–Crippen LogP) is 3.53. The average molecular weight is 246 g/mol. The Bertz CT molecular complexity index is 317. The Labute approximate surface area is 99.2 Å². The Kier molecular flexibility index (Phi) is 3.65. The lowest BCUT2D eigenvalue weighted by Crippen LogP contribution is -2.22. The third-order valence-corrected chi connectivity index (χ3v) is 2.99. The second-order valence-electron chi connectivity index (χ2n) is 3.82. The van der Waals surface area contributed by atoms with E-state index >= 15 is 0 Å². The Balaban J connectivity index is 2.02. The van der Waals surface area contributed by atoms with Gasteiger partial charge in [-0.05, 0) is 24.4 Å². The van der Waals surface area contributed by atoms with Crippen molar-refractivity contribution in [2.75, 3.05) is 5.32 Å². The molecule has 3 nitrogen and oxygen atoms in total. The van der Waals surface area contributed by atoms with Crippen LogP contribution in [0.25, 0.3) is 0 Å². The largest absolute Gasteiger partial charge is 0.367 e. The summed E-state index contributed by atoms with van der Waals surface area (Å²) >= 11 is 11.5. The molecule has 1 aromatic heterocycles. The summed E-state index contributed by atoms with van der Waals surface area (Å²) in [5.74, 6) is 0.729. The minimum Gasteiger partial charge on any atom is -0.367 e. The molecule has 0 amide bonds. The second-order valence-corrected chi connectivity index (χ2v) is 4.55. The average Bonchev–Trinajstić information content (AvgIpc) is 2.17. The third-order valence-electron chi connectivity index (χ3n) is 2.62. The first-order chi connectivity index (χ1) is 7.24. The number of hydrogen-bond acceptors (Lipinski definition) is 3. The van der Waals surface area contributed by atoms with Gasteiger partial charge in [0, 0.05) is 12.1 Å². The highest BCUT2D eigenvalue weighted by Gasteiger charge is 2.13. The van der Waals surface area contributed by atoms with Gasteiger partial charge in [-0.1, -0.05) is 30.9 Å². The van der Waals surface area contributed by atoms with Crippen LogP contribution < -0.4 is 5.32 Å². The highest BCUT2D eigenvalue weighted by atomic mass is 35.5. The molecule has 15 heavy (non-hydrogen) atoms. The van der Waals surface area contributed by atoms with Crippen LogP contribution in [0.5, 0.6) is 0 Å². The molecule has 1 saturated carbocycles. The summed E-state index contributed by atoms with van der Waals surface area (Å²) in [6.07, 6.45) is 6.29. The van der Waals surface area contributed by atoms with Gasteiger partial charge >= 0.3 is 0 Å². The molecule has 0 bridgehead atoms. The third kappa shape index (κ3) is 3.21. The molecule has 1 aliphatic carbocycles. The first kappa shape index (κ1) is 11.0. The van der Waals surface area contributed by atoms with E-state index in [1.165, 1.54) is 32.1 Å². The fourth-order valence-corrected chi connectivity index (χ4v) is 2.33. The number of anilines is 1. The molecule has 1 aliphatic rings. The van der Waals surface area contributed by atoms with Gasteiger partial charge in [-0.2, -0.15) is 0 Å². The summed E-state index contributed by atoms with van der Waals surface area (Å²) in [4.78, 5) is 7.89. The van der Waals surface area contributed by atoms with Gasteiger partial charge in [-0.15, -0.1) is 0 Å². The molecule has 0 saturated heterocycles. The smallest absolute Gasteiger partial charge is 0.225 e. The van der Waals surface area contributed by atoms with Gasteiger partial charge in [0.15, 0.2) is 0 Å². The van der Waals surface area contributed by atoms with Crippen LogP contribution in [0.4, 0.5) is 5.82 Å². The summed E-state index contributed by atoms with van der Waals surface area (Å²) in [6.45, 7) is 0. The van der Waals surface area contributed by atoms with Crippen molar-refractivity contribution in [3.8, 4) is 0 Å². The standard InChI is InChI=1S/C10H13Cl2N3/c11-8-6-9(15-10(12)14-8)13-7-4-2-1-3-5-7/h6-7H,1-5H2,(H,13,14,15). The zero-order valence-corrected chi connectivity index (χ0v) is 9.85. The molecular formula is C10H13Cl2N3. The van der Waals surface area contributed by atoms with Crippen LogP contribution >= 0.6 is 23.2 Å². The van der Waals surface area contributed by atoms with E-state index in [9.17, 15) is 0 Å². The van der Waals surface area contributed by atoms with Crippen molar-refractivity contribution in [2.45, 2.75) is 38.1 Å². The van der Waals surface area contributed by atoms with Gasteiger partial charge in [0.25, 0.3) is 0 Å². The Hall–Kier alpha value is -0.540. The minimum atomic E-state index is 0.195. The monoisotopic (exact) mass is 245 g/mol. The van der Waals surface area contributed by atoms with Crippen molar-refractivity contribution in [1.82, 2.24) is 9.97 Å². The van der Waals surface area contributed by atoms with Gasteiger partial charge in [0.2, 0.25) is 5.28 Å². The molecular weight excluding hydrogens is 233 g/mol. The van der Waals surface area contributed by atoms with E-state index < -0.39 is 0 Å². The molecule has 1 N–H and O–H groups in total. The number of nitrogens with one attached hydrogen (secondary N) is 1. The normalized spacial score (nSPS) is 17.7.